The Morgan fingerprint density at radius 2 is 1.75 bits per heavy atom. The van der Waals surface area contributed by atoms with E-state index in [1.54, 1.807) is 0 Å². The molecule has 0 saturated heterocycles. The van der Waals surface area contributed by atoms with Gasteiger partial charge in [0, 0.05) is 0 Å². The smallest absolute Gasteiger partial charge is 0.102 e. The number of halogens is 1. The fourth-order valence-corrected chi connectivity index (χ4v) is 0.471. The normalized spacial score (nSPS) is 13.1. The molecule has 0 aromatic heterocycles. The van der Waals surface area contributed by atoms with Crippen LogP contribution in [0.1, 0.15) is 34.6 Å². The summed E-state index contributed by atoms with van der Waals surface area (Å²) < 4.78 is 12.3. The van der Waals surface area contributed by atoms with Crippen LogP contribution >= 0.6 is 0 Å². The first kappa shape index (κ1) is 10.8. The molecule has 0 aliphatic carbocycles. The Hall–Kier alpha value is -0.0700. The molecule has 1 heteroatoms. The third-order valence-electron chi connectivity index (χ3n) is 1.11. The van der Waals surface area contributed by atoms with E-state index < -0.39 is 6.17 Å². The van der Waals surface area contributed by atoms with Crippen molar-refractivity contribution in [2.75, 3.05) is 0 Å². The van der Waals surface area contributed by atoms with Gasteiger partial charge < -0.3 is 0 Å². The second-order valence-electron chi connectivity index (χ2n) is 2.17. The Kier molecular flexibility index (Phi) is 6.87. The monoisotopic (exact) mass is 120 g/mol. The number of alkyl halides is 1. The zero-order valence-corrected chi connectivity index (χ0v) is 5.24. The van der Waals surface area contributed by atoms with Crippen LogP contribution in [0.5, 0.6) is 0 Å². The van der Waals surface area contributed by atoms with Crippen molar-refractivity contribution in [3.63, 3.8) is 0 Å². The lowest BCUT2D eigenvalue weighted by molar-refractivity contribution is 0.248. The van der Waals surface area contributed by atoms with Crippen molar-refractivity contribution in [3.8, 4) is 0 Å². The van der Waals surface area contributed by atoms with E-state index in [9.17, 15) is 4.39 Å². The topological polar surface area (TPSA) is 0 Å². The molecule has 0 aromatic carbocycles. The van der Waals surface area contributed by atoms with Crippen molar-refractivity contribution in [2.45, 2.75) is 40.8 Å². The van der Waals surface area contributed by atoms with E-state index in [1.165, 1.54) is 0 Å². The van der Waals surface area contributed by atoms with Crippen molar-refractivity contribution in [1.82, 2.24) is 0 Å². The van der Waals surface area contributed by atoms with Gasteiger partial charge in [0.2, 0.25) is 0 Å². The molecule has 0 fully saturated rings. The van der Waals surface area contributed by atoms with Crippen LogP contribution in [-0.2, 0) is 0 Å². The van der Waals surface area contributed by atoms with Gasteiger partial charge in [-0.2, -0.15) is 0 Å². The average molecular weight is 120 g/mol. The minimum atomic E-state index is -0.597. The van der Waals surface area contributed by atoms with Crippen molar-refractivity contribution in [1.29, 1.82) is 0 Å². The third-order valence-corrected chi connectivity index (χ3v) is 1.11. The van der Waals surface area contributed by atoms with Gasteiger partial charge in [0.1, 0.15) is 6.17 Å². The largest absolute Gasteiger partial charge is 0.247 e. The second-order valence-corrected chi connectivity index (χ2v) is 2.17. The van der Waals surface area contributed by atoms with Crippen molar-refractivity contribution < 1.29 is 4.39 Å². The Balaban J connectivity index is 0. The van der Waals surface area contributed by atoms with E-state index in [4.69, 9.17) is 0 Å². The molecule has 0 aromatic rings. The van der Waals surface area contributed by atoms with Crippen LogP contribution < -0.4 is 0 Å². The molecule has 0 aliphatic heterocycles. The SMILES string of the molecule is C.CCC(F)C(C)C. The average Bonchev–Trinajstić information content (AvgIpc) is 1.65. The molecule has 0 nitrogen and oxygen atoms in total. The highest BCUT2D eigenvalue weighted by molar-refractivity contribution is 4.55. The highest BCUT2D eigenvalue weighted by atomic mass is 19.1. The van der Waals surface area contributed by atoms with Gasteiger partial charge in [-0.3, -0.25) is 0 Å². The summed E-state index contributed by atoms with van der Waals surface area (Å²) in [5.74, 6) is 0.199. The van der Waals surface area contributed by atoms with Gasteiger partial charge in [0.15, 0.2) is 0 Å². The van der Waals surface area contributed by atoms with E-state index in [1.807, 2.05) is 20.8 Å². The molecule has 1 unspecified atom stereocenters. The summed E-state index contributed by atoms with van der Waals surface area (Å²) in [7, 11) is 0. The fourth-order valence-electron chi connectivity index (χ4n) is 0.471. The first-order chi connectivity index (χ1) is 3.18. The van der Waals surface area contributed by atoms with Crippen molar-refractivity contribution in [2.24, 2.45) is 5.92 Å². The fraction of sp³-hybridized carbons (Fsp3) is 1.00. The molecule has 0 amide bonds. The van der Waals surface area contributed by atoms with Crippen LogP contribution in [0.15, 0.2) is 0 Å². The van der Waals surface area contributed by atoms with Crippen LogP contribution in [0, 0.1) is 5.92 Å². The van der Waals surface area contributed by atoms with Gasteiger partial charge in [-0.05, 0) is 12.3 Å². The summed E-state index contributed by atoms with van der Waals surface area (Å²) in [6, 6.07) is 0. The third kappa shape index (κ3) is 4.10. The maximum atomic E-state index is 12.3. The van der Waals surface area contributed by atoms with E-state index in [2.05, 4.69) is 0 Å². The molecule has 0 heterocycles. The molecule has 0 radical (unpaired) electrons. The predicted octanol–water partition coefficient (Wildman–Crippen LogP) is 3.03. The Labute approximate surface area is 52.1 Å². The van der Waals surface area contributed by atoms with E-state index in [0.717, 1.165) is 0 Å². The Bertz CT molecular complexity index is 41.7. The predicted molar refractivity (Wildman–Crippen MR) is 36.8 cm³/mol. The molecule has 8 heavy (non-hydrogen) atoms. The van der Waals surface area contributed by atoms with Gasteiger partial charge in [0.25, 0.3) is 0 Å². The van der Waals surface area contributed by atoms with Gasteiger partial charge >= 0.3 is 0 Å². The minimum absolute atomic E-state index is 0. The minimum Gasteiger partial charge on any atom is -0.247 e. The molecule has 0 rings (SSSR count). The first-order valence-electron chi connectivity index (χ1n) is 2.82. The van der Waals surface area contributed by atoms with E-state index >= 15 is 0 Å². The quantitative estimate of drug-likeness (QED) is 0.525. The summed E-state index contributed by atoms with van der Waals surface area (Å²) in [5.41, 5.74) is 0. The molecule has 0 N–H and O–H groups in total. The van der Waals surface area contributed by atoms with Gasteiger partial charge in [-0.25, -0.2) is 4.39 Å². The van der Waals surface area contributed by atoms with E-state index in [0.29, 0.717) is 6.42 Å². The molecule has 1 atom stereocenters. The van der Waals surface area contributed by atoms with Gasteiger partial charge in [0.05, 0.1) is 0 Å². The van der Waals surface area contributed by atoms with E-state index in [-0.39, 0.29) is 13.3 Å². The number of hydrogen-bond donors (Lipinski definition) is 0. The summed E-state index contributed by atoms with van der Waals surface area (Å²) in [6.45, 7) is 5.66. The summed E-state index contributed by atoms with van der Waals surface area (Å²) in [6.07, 6.45) is 0.0532. The van der Waals surface area contributed by atoms with Crippen molar-refractivity contribution >= 4 is 0 Å². The first-order valence-corrected chi connectivity index (χ1v) is 2.82. The van der Waals surface area contributed by atoms with Crippen LogP contribution in [-0.4, -0.2) is 6.17 Å². The zero-order chi connectivity index (χ0) is 5.86. The lowest BCUT2D eigenvalue weighted by Gasteiger charge is -2.06. The maximum Gasteiger partial charge on any atom is 0.102 e. The van der Waals surface area contributed by atoms with Crippen LogP contribution in [0.4, 0.5) is 4.39 Å². The highest BCUT2D eigenvalue weighted by Crippen LogP contribution is 2.08. The zero-order valence-electron chi connectivity index (χ0n) is 5.24. The molecule has 52 valence electrons. The number of rotatable bonds is 2. The lowest BCUT2D eigenvalue weighted by Crippen LogP contribution is -2.05. The molecule has 0 bridgehead atoms. The number of hydrogen-bond acceptors (Lipinski definition) is 0. The van der Waals surface area contributed by atoms with Crippen molar-refractivity contribution in [3.05, 3.63) is 0 Å². The highest BCUT2D eigenvalue weighted by Gasteiger charge is 2.06. The van der Waals surface area contributed by atoms with Crippen LogP contribution in [0.25, 0.3) is 0 Å². The van der Waals surface area contributed by atoms with Crippen LogP contribution in [0.3, 0.4) is 0 Å². The second kappa shape index (κ2) is 5.07. The maximum absolute atomic E-state index is 12.3. The van der Waals surface area contributed by atoms with Gasteiger partial charge in [-0.15, -0.1) is 0 Å². The molecule has 0 aliphatic rings. The lowest BCUT2D eigenvalue weighted by atomic mass is 10.1. The Morgan fingerprint density at radius 3 is 1.75 bits per heavy atom. The molecular weight excluding hydrogens is 103 g/mol. The summed E-state index contributed by atoms with van der Waals surface area (Å²) in [4.78, 5) is 0. The Morgan fingerprint density at radius 1 is 1.38 bits per heavy atom. The van der Waals surface area contributed by atoms with Crippen LogP contribution in [0.2, 0.25) is 0 Å². The molecule has 0 saturated carbocycles. The standard InChI is InChI=1S/C6H13F.CH4/c1-4-6(7)5(2)3;/h5-6H,4H2,1-3H3;1H4. The van der Waals surface area contributed by atoms with Gasteiger partial charge in [-0.1, -0.05) is 28.2 Å². The molecule has 0 spiro atoms. The summed E-state index contributed by atoms with van der Waals surface area (Å²) >= 11 is 0. The molecular formula is C7H17F. The summed E-state index contributed by atoms with van der Waals surface area (Å²) in [5, 5.41) is 0.